The van der Waals surface area contributed by atoms with Crippen LogP contribution in [0.15, 0.2) is 30.8 Å². The molecule has 2 rings (SSSR count). The highest BCUT2D eigenvalue weighted by Crippen LogP contribution is 2.27. The van der Waals surface area contributed by atoms with Gasteiger partial charge in [0.15, 0.2) is 0 Å². The minimum atomic E-state index is 0. The molecular formula is C17H26ClN. The normalized spacial score (nSPS) is 16.7. The van der Waals surface area contributed by atoms with Crippen LogP contribution >= 0.6 is 0 Å². The van der Waals surface area contributed by atoms with Gasteiger partial charge in [0.1, 0.15) is 6.54 Å². The lowest BCUT2D eigenvalue weighted by Crippen LogP contribution is -3.00. The van der Waals surface area contributed by atoms with Gasteiger partial charge >= 0.3 is 0 Å². The standard InChI is InChI=1S/C17H26N.ClH/c1-4-15-10-12-16(13-11-15)14-18(2,3)17-8-6-5-7-9-17;/h4,10-13,17H,1,5-9,14H2,2-3H3;1H/q+1;/p-1. The lowest BCUT2D eigenvalue weighted by atomic mass is 9.92. The van der Waals surface area contributed by atoms with Crippen LogP contribution in [-0.2, 0) is 6.54 Å². The zero-order chi connectivity index (χ0) is 13.0. The van der Waals surface area contributed by atoms with Gasteiger partial charge in [0.05, 0.1) is 20.1 Å². The van der Waals surface area contributed by atoms with Crippen molar-refractivity contribution in [2.45, 2.75) is 44.7 Å². The van der Waals surface area contributed by atoms with Crippen LogP contribution < -0.4 is 12.4 Å². The zero-order valence-corrected chi connectivity index (χ0v) is 13.0. The molecule has 1 aliphatic rings. The second kappa shape index (κ2) is 7.12. The van der Waals surface area contributed by atoms with E-state index in [1.807, 2.05) is 6.08 Å². The topological polar surface area (TPSA) is 0 Å². The second-order valence-electron chi connectivity index (χ2n) is 6.17. The minimum absolute atomic E-state index is 0. The predicted octanol–water partition coefficient (Wildman–Crippen LogP) is 1.24. The van der Waals surface area contributed by atoms with Crippen molar-refractivity contribution in [1.29, 1.82) is 0 Å². The fourth-order valence-electron chi connectivity index (χ4n) is 3.14. The van der Waals surface area contributed by atoms with Gasteiger partial charge in [0.2, 0.25) is 0 Å². The monoisotopic (exact) mass is 279 g/mol. The van der Waals surface area contributed by atoms with E-state index in [1.165, 1.54) is 43.2 Å². The van der Waals surface area contributed by atoms with Crippen LogP contribution in [0.1, 0.15) is 43.2 Å². The van der Waals surface area contributed by atoms with Crippen LogP contribution in [0.2, 0.25) is 0 Å². The highest BCUT2D eigenvalue weighted by molar-refractivity contribution is 5.47. The maximum Gasteiger partial charge on any atom is 0.104 e. The number of hydrogen-bond donors (Lipinski definition) is 0. The Balaban J connectivity index is 0.00000180. The van der Waals surface area contributed by atoms with Gasteiger partial charge in [-0.1, -0.05) is 43.3 Å². The molecule has 1 nitrogen and oxygen atoms in total. The Labute approximate surface area is 124 Å². The van der Waals surface area contributed by atoms with Crippen molar-refractivity contribution in [3.8, 4) is 0 Å². The molecule has 1 aromatic rings. The van der Waals surface area contributed by atoms with Crippen LogP contribution in [-0.4, -0.2) is 24.6 Å². The quantitative estimate of drug-likeness (QED) is 0.728. The van der Waals surface area contributed by atoms with E-state index in [2.05, 4.69) is 44.9 Å². The Hall–Kier alpha value is -0.790. The number of benzene rings is 1. The highest BCUT2D eigenvalue weighted by Gasteiger charge is 2.29. The first-order chi connectivity index (χ1) is 8.62. The molecule has 106 valence electrons. The molecule has 0 amide bonds. The van der Waals surface area contributed by atoms with E-state index in [4.69, 9.17) is 0 Å². The van der Waals surface area contributed by atoms with E-state index in [9.17, 15) is 0 Å². The molecule has 1 fully saturated rings. The van der Waals surface area contributed by atoms with Gasteiger partial charge in [0, 0.05) is 5.56 Å². The van der Waals surface area contributed by atoms with Gasteiger partial charge in [-0.25, -0.2) is 0 Å². The molecule has 1 aromatic carbocycles. The first-order valence-corrected chi connectivity index (χ1v) is 7.16. The van der Waals surface area contributed by atoms with Crippen LogP contribution in [0.25, 0.3) is 6.08 Å². The van der Waals surface area contributed by atoms with Crippen molar-refractivity contribution in [1.82, 2.24) is 0 Å². The summed E-state index contributed by atoms with van der Waals surface area (Å²) in [4.78, 5) is 0. The fourth-order valence-corrected chi connectivity index (χ4v) is 3.14. The Kier molecular flexibility index (Phi) is 6.09. The van der Waals surface area contributed by atoms with Crippen LogP contribution in [0.5, 0.6) is 0 Å². The van der Waals surface area contributed by atoms with Crippen molar-refractivity contribution in [3.63, 3.8) is 0 Å². The molecule has 0 radical (unpaired) electrons. The summed E-state index contributed by atoms with van der Waals surface area (Å²) < 4.78 is 1.13. The zero-order valence-electron chi connectivity index (χ0n) is 12.2. The molecule has 19 heavy (non-hydrogen) atoms. The molecule has 0 N–H and O–H groups in total. The highest BCUT2D eigenvalue weighted by atomic mass is 35.5. The summed E-state index contributed by atoms with van der Waals surface area (Å²) in [7, 11) is 4.77. The van der Waals surface area contributed by atoms with Crippen LogP contribution in [0.4, 0.5) is 0 Å². The van der Waals surface area contributed by atoms with Crippen molar-refractivity contribution in [3.05, 3.63) is 42.0 Å². The molecule has 0 saturated heterocycles. The molecule has 0 aromatic heterocycles. The molecule has 0 unspecified atom stereocenters. The predicted molar refractivity (Wildman–Crippen MR) is 79.2 cm³/mol. The number of hydrogen-bond acceptors (Lipinski definition) is 0. The summed E-state index contributed by atoms with van der Waals surface area (Å²) in [6.07, 6.45) is 8.98. The number of rotatable bonds is 4. The summed E-state index contributed by atoms with van der Waals surface area (Å²) in [5.41, 5.74) is 2.65. The largest absolute Gasteiger partial charge is 1.00 e. The van der Waals surface area contributed by atoms with E-state index in [1.54, 1.807) is 0 Å². The molecule has 0 atom stereocenters. The van der Waals surface area contributed by atoms with E-state index in [0.717, 1.165) is 17.1 Å². The summed E-state index contributed by atoms with van der Waals surface area (Å²) in [5, 5.41) is 0. The number of quaternary nitrogens is 1. The first-order valence-electron chi connectivity index (χ1n) is 7.16. The molecule has 0 bridgehead atoms. The molecular weight excluding hydrogens is 254 g/mol. The van der Waals surface area contributed by atoms with Gasteiger partial charge in [-0.15, -0.1) is 0 Å². The van der Waals surface area contributed by atoms with Crippen LogP contribution in [0.3, 0.4) is 0 Å². The molecule has 0 heterocycles. The summed E-state index contributed by atoms with van der Waals surface area (Å²) in [5.74, 6) is 0. The molecule has 1 saturated carbocycles. The Bertz CT molecular complexity index is 388. The fraction of sp³-hybridized carbons (Fsp3) is 0.529. The maximum atomic E-state index is 3.80. The summed E-state index contributed by atoms with van der Waals surface area (Å²) in [6, 6.07) is 9.68. The van der Waals surface area contributed by atoms with Crippen molar-refractivity contribution >= 4 is 6.08 Å². The lowest BCUT2D eigenvalue weighted by molar-refractivity contribution is -0.929. The first kappa shape index (κ1) is 16.3. The third-order valence-electron chi connectivity index (χ3n) is 4.37. The van der Waals surface area contributed by atoms with E-state index < -0.39 is 0 Å². The molecule has 2 heteroatoms. The SMILES string of the molecule is C=Cc1ccc(C[N+](C)(C)C2CCCCC2)cc1.[Cl-]. The third kappa shape index (κ3) is 4.36. The Morgan fingerprint density at radius 3 is 2.21 bits per heavy atom. The van der Waals surface area contributed by atoms with Crippen molar-refractivity contribution < 1.29 is 16.9 Å². The van der Waals surface area contributed by atoms with Gasteiger partial charge < -0.3 is 16.9 Å². The Morgan fingerprint density at radius 2 is 1.68 bits per heavy atom. The van der Waals surface area contributed by atoms with Crippen molar-refractivity contribution in [2.24, 2.45) is 0 Å². The average molecular weight is 280 g/mol. The lowest BCUT2D eigenvalue weighted by Gasteiger charge is -2.40. The minimum Gasteiger partial charge on any atom is -1.00 e. The average Bonchev–Trinajstić information content (AvgIpc) is 2.40. The van der Waals surface area contributed by atoms with Crippen molar-refractivity contribution in [2.75, 3.05) is 14.1 Å². The molecule has 0 spiro atoms. The smallest absolute Gasteiger partial charge is 0.104 e. The third-order valence-corrected chi connectivity index (χ3v) is 4.37. The molecule has 1 aliphatic carbocycles. The van der Waals surface area contributed by atoms with Gasteiger partial charge in [-0.3, -0.25) is 0 Å². The Morgan fingerprint density at radius 1 is 1.11 bits per heavy atom. The van der Waals surface area contributed by atoms with Gasteiger partial charge in [0.25, 0.3) is 0 Å². The number of nitrogens with zero attached hydrogens (tertiary/aromatic N) is 1. The van der Waals surface area contributed by atoms with E-state index in [-0.39, 0.29) is 12.4 Å². The van der Waals surface area contributed by atoms with Crippen LogP contribution in [0, 0.1) is 0 Å². The summed E-state index contributed by atoms with van der Waals surface area (Å²) in [6.45, 7) is 4.95. The van der Waals surface area contributed by atoms with E-state index >= 15 is 0 Å². The van der Waals surface area contributed by atoms with E-state index in [0.29, 0.717) is 0 Å². The van der Waals surface area contributed by atoms with Gasteiger partial charge in [-0.05, 0) is 31.2 Å². The maximum absolute atomic E-state index is 3.80. The second-order valence-corrected chi connectivity index (χ2v) is 6.17. The summed E-state index contributed by atoms with van der Waals surface area (Å²) >= 11 is 0. The molecule has 0 aliphatic heterocycles. The van der Waals surface area contributed by atoms with Gasteiger partial charge in [-0.2, -0.15) is 0 Å². The number of halogens is 1.